The maximum Gasteiger partial charge on any atom is 0.0233 e. The maximum absolute atomic E-state index is 3.55. The first-order valence-electron chi connectivity index (χ1n) is 6.79. The van der Waals surface area contributed by atoms with Gasteiger partial charge in [0.1, 0.15) is 0 Å². The molecule has 2 nitrogen and oxygen atoms in total. The molecule has 2 rings (SSSR count). The van der Waals surface area contributed by atoms with Crippen LogP contribution in [-0.4, -0.2) is 30.6 Å². The van der Waals surface area contributed by atoms with E-state index in [0.717, 1.165) is 19.0 Å². The minimum absolute atomic E-state index is 0.653. The number of likely N-dealkylation sites (tertiary alicyclic amines) is 1. The smallest absolute Gasteiger partial charge is 0.0233 e. The van der Waals surface area contributed by atoms with E-state index in [9.17, 15) is 0 Å². The lowest BCUT2D eigenvalue weighted by Gasteiger charge is -2.21. The highest BCUT2D eigenvalue weighted by Gasteiger charge is 2.26. The molecule has 0 bridgehead atoms. The van der Waals surface area contributed by atoms with E-state index in [1.807, 2.05) is 0 Å². The van der Waals surface area contributed by atoms with Crippen LogP contribution in [0.5, 0.6) is 0 Å². The zero-order chi connectivity index (χ0) is 12.1. The Balaban J connectivity index is 1.82. The molecule has 1 aliphatic rings. The van der Waals surface area contributed by atoms with Gasteiger partial charge in [0.05, 0.1) is 0 Å². The molecule has 1 N–H and O–H groups in total. The maximum atomic E-state index is 3.55. The summed E-state index contributed by atoms with van der Waals surface area (Å²) in [7, 11) is 0. The van der Waals surface area contributed by atoms with Gasteiger partial charge in [0.2, 0.25) is 0 Å². The molecule has 0 aliphatic carbocycles. The Labute approximate surface area is 105 Å². The van der Waals surface area contributed by atoms with Crippen LogP contribution in [0.25, 0.3) is 0 Å². The third-order valence-electron chi connectivity index (χ3n) is 3.79. The van der Waals surface area contributed by atoms with Crippen molar-refractivity contribution in [2.45, 2.75) is 32.9 Å². The van der Waals surface area contributed by atoms with Gasteiger partial charge in [-0.15, -0.1) is 0 Å². The summed E-state index contributed by atoms with van der Waals surface area (Å²) in [6.07, 6.45) is 1.33. The largest absolute Gasteiger partial charge is 0.314 e. The molecule has 0 aromatic heterocycles. The molecule has 2 unspecified atom stereocenters. The van der Waals surface area contributed by atoms with Gasteiger partial charge in [0.25, 0.3) is 0 Å². The lowest BCUT2D eigenvalue weighted by Crippen LogP contribution is -2.35. The highest BCUT2D eigenvalue weighted by molar-refractivity contribution is 5.14. The standard InChI is InChI=1S/C15H24N2/c1-3-16-13(2)15-9-10-17(12-15)11-14-7-5-4-6-8-14/h4-8,13,15-16H,3,9-12H2,1-2H3. The Bertz CT molecular complexity index is 323. The highest BCUT2D eigenvalue weighted by Crippen LogP contribution is 2.21. The number of hydrogen-bond acceptors (Lipinski definition) is 2. The molecular weight excluding hydrogens is 208 g/mol. The molecule has 0 amide bonds. The zero-order valence-corrected chi connectivity index (χ0v) is 11.0. The summed E-state index contributed by atoms with van der Waals surface area (Å²) in [5.74, 6) is 0.818. The first kappa shape index (κ1) is 12.6. The number of benzene rings is 1. The molecule has 1 aliphatic heterocycles. The molecule has 0 saturated carbocycles. The van der Waals surface area contributed by atoms with E-state index in [-0.39, 0.29) is 0 Å². The van der Waals surface area contributed by atoms with Crippen molar-refractivity contribution in [2.75, 3.05) is 19.6 Å². The minimum atomic E-state index is 0.653. The van der Waals surface area contributed by atoms with E-state index in [1.165, 1.54) is 25.1 Å². The first-order valence-corrected chi connectivity index (χ1v) is 6.79. The second-order valence-electron chi connectivity index (χ2n) is 5.12. The Morgan fingerprint density at radius 1 is 1.35 bits per heavy atom. The Hall–Kier alpha value is -0.860. The first-order chi connectivity index (χ1) is 8.29. The molecule has 2 heteroatoms. The molecule has 1 heterocycles. The Morgan fingerprint density at radius 2 is 2.12 bits per heavy atom. The summed E-state index contributed by atoms with van der Waals surface area (Å²) in [5.41, 5.74) is 1.43. The molecule has 0 spiro atoms. The van der Waals surface area contributed by atoms with E-state index in [4.69, 9.17) is 0 Å². The summed E-state index contributed by atoms with van der Waals surface area (Å²) < 4.78 is 0. The average Bonchev–Trinajstić information content (AvgIpc) is 2.79. The summed E-state index contributed by atoms with van der Waals surface area (Å²) in [6, 6.07) is 11.4. The van der Waals surface area contributed by atoms with E-state index in [2.05, 4.69) is 54.4 Å². The van der Waals surface area contributed by atoms with Crippen molar-refractivity contribution in [1.29, 1.82) is 0 Å². The lowest BCUT2D eigenvalue weighted by molar-refractivity contribution is 0.298. The van der Waals surface area contributed by atoms with Crippen molar-refractivity contribution in [1.82, 2.24) is 10.2 Å². The Morgan fingerprint density at radius 3 is 2.82 bits per heavy atom. The van der Waals surface area contributed by atoms with Crippen LogP contribution in [0.2, 0.25) is 0 Å². The van der Waals surface area contributed by atoms with Crippen LogP contribution in [0.4, 0.5) is 0 Å². The van der Waals surface area contributed by atoms with Crippen molar-refractivity contribution in [3.05, 3.63) is 35.9 Å². The topological polar surface area (TPSA) is 15.3 Å². The molecule has 94 valence electrons. The number of nitrogens with zero attached hydrogens (tertiary/aromatic N) is 1. The molecule has 1 fully saturated rings. The monoisotopic (exact) mass is 232 g/mol. The fourth-order valence-electron chi connectivity index (χ4n) is 2.74. The number of nitrogens with one attached hydrogen (secondary N) is 1. The van der Waals surface area contributed by atoms with Crippen LogP contribution >= 0.6 is 0 Å². The predicted octanol–water partition coefficient (Wildman–Crippen LogP) is 2.51. The quantitative estimate of drug-likeness (QED) is 0.839. The molecule has 1 aromatic carbocycles. The molecule has 1 aromatic rings. The van der Waals surface area contributed by atoms with E-state index < -0.39 is 0 Å². The van der Waals surface area contributed by atoms with E-state index >= 15 is 0 Å². The van der Waals surface area contributed by atoms with E-state index in [1.54, 1.807) is 0 Å². The molecule has 2 atom stereocenters. The van der Waals surface area contributed by atoms with Crippen LogP contribution in [0.15, 0.2) is 30.3 Å². The van der Waals surface area contributed by atoms with Gasteiger partial charge in [-0.1, -0.05) is 37.3 Å². The van der Waals surface area contributed by atoms with Gasteiger partial charge in [0, 0.05) is 19.1 Å². The second-order valence-corrected chi connectivity index (χ2v) is 5.12. The van der Waals surface area contributed by atoms with Crippen molar-refractivity contribution in [3.63, 3.8) is 0 Å². The predicted molar refractivity (Wildman–Crippen MR) is 73.0 cm³/mol. The fourth-order valence-corrected chi connectivity index (χ4v) is 2.74. The molecular formula is C15H24N2. The van der Waals surface area contributed by atoms with Crippen molar-refractivity contribution in [3.8, 4) is 0 Å². The number of rotatable bonds is 5. The highest BCUT2D eigenvalue weighted by atomic mass is 15.2. The van der Waals surface area contributed by atoms with Gasteiger partial charge in [0.15, 0.2) is 0 Å². The van der Waals surface area contributed by atoms with Gasteiger partial charge in [-0.2, -0.15) is 0 Å². The normalized spacial score (nSPS) is 22.8. The van der Waals surface area contributed by atoms with Crippen LogP contribution in [0, 0.1) is 5.92 Å². The SMILES string of the molecule is CCNC(C)C1CCN(Cc2ccccc2)C1. The average molecular weight is 232 g/mol. The number of hydrogen-bond donors (Lipinski definition) is 1. The lowest BCUT2D eigenvalue weighted by atomic mass is 10.0. The van der Waals surface area contributed by atoms with Gasteiger partial charge >= 0.3 is 0 Å². The molecule has 1 saturated heterocycles. The summed E-state index contributed by atoms with van der Waals surface area (Å²) >= 11 is 0. The summed E-state index contributed by atoms with van der Waals surface area (Å²) in [5, 5.41) is 3.55. The third-order valence-corrected chi connectivity index (χ3v) is 3.79. The van der Waals surface area contributed by atoms with Crippen LogP contribution in [-0.2, 0) is 6.54 Å². The van der Waals surface area contributed by atoms with Crippen LogP contribution < -0.4 is 5.32 Å². The van der Waals surface area contributed by atoms with Crippen LogP contribution in [0.1, 0.15) is 25.8 Å². The second kappa shape index (κ2) is 6.18. The van der Waals surface area contributed by atoms with Gasteiger partial charge in [-0.05, 0) is 37.9 Å². The summed E-state index contributed by atoms with van der Waals surface area (Å²) in [4.78, 5) is 2.58. The van der Waals surface area contributed by atoms with Crippen molar-refractivity contribution < 1.29 is 0 Å². The van der Waals surface area contributed by atoms with Gasteiger partial charge in [-0.25, -0.2) is 0 Å². The molecule has 0 radical (unpaired) electrons. The third kappa shape index (κ3) is 3.55. The van der Waals surface area contributed by atoms with Gasteiger partial charge < -0.3 is 5.32 Å². The van der Waals surface area contributed by atoms with Crippen molar-refractivity contribution >= 4 is 0 Å². The molecule has 17 heavy (non-hydrogen) atoms. The van der Waals surface area contributed by atoms with Crippen molar-refractivity contribution in [2.24, 2.45) is 5.92 Å². The Kier molecular flexibility index (Phi) is 4.57. The zero-order valence-electron chi connectivity index (χ0n) is 11.0. The van der Waals surface area contributed by atoms with E-state index in [0.29, 0.717) is 6.04 Å². The summed E-state index contributed by atoms with van der Waals surface area (Å²) in [6.45, 7) is 9.18. The van der Waals surface area contributed by atoms with Gasteiger partial charge in [-0.3, -0.25) is 4.90 Å². The minimum Gasteiger partial charge on any atom is -0.314 e. The van der Waals surface area contributed by atoms with Crippen LogP contribution in [0.3, 0.4) is 0 Å². The fraction of sp³-hybridized carbons (Fsp3) is 0.600.